The summed E-state index contributed by atoms with van der Waals surface area (Å²) in [4.78, 5) is 4.67. The molecule has 2 saturated heterocycles. The van der Waals surface area contributed by atoms with Crippen LogP contribution in [0, 0.1) is 0 Å². The maximum atomic E-state index is 10.2. The van der Waals surface area contributed by atoms with Gasteiger partial charge in [-0.25, -0.2) is 0 Å². The van der Waals surface area contributed by atoms with Crippen LogP contribution in [0.25, 0.3) is 0 Å². The van der Waals surface area contributed by atoms with Gasteiger partial charge in [-0.15, -0.1) is 0 Å². The molecule has 2 aliphatic rings. The predicted octanol–water partition coefficient (Wildman–Crippen LogP) is 2.53. The fraction of sp³-hybridized carbons (Fsp3) is 0.727. The van der Waals surface area contributed by atoms with Crippen LogP contribution in [0.4, 0.5) is 0 Å². The van der Waals surface area contributed by atoms with E-state index in [2.05, 4.69) is 35.8 Å². The first kappa shape index (κ1) is 21.4. The first-order valence-corrected chi connectivity index (χ1v) is 10.6. The Morgan fingerprint density at radius 1 is 1.18 bits per heavy atom. The number of hydrogen-bond acceptors (Lipinski definition) is 6. The normalized spacial score (nSPS) is 20.2. The molecule has 1 aromatic carbocycles. The summed E-state index contributed by atoms with van der Waals surface area (Å²) in [6, 6.07) is 6.11. The third kappa shape index (κ3) is 5.38. The van der Waals surface area contributed by atoms with Crippen LogP contribution in [0.5, 0.6) is 11.5 Å². The topological polar surface area (TPSA) is 54.4 Å². The molecule has 3 rings (SSSR count). The molecule has 1 N–H and O–H groups in total. The Kier molecular flexibility index (Phi) is 7.57. The minimum absolute atomic E-state index is 0.192. The molecule has 0 unspecified atom stereocenters. The Bertz CT molecular complexity index is 607. The Labute approximate surface area is 169 Å². The Morgan fingerprint density at radius 2 is 1.89 bits per heavy atom. The van der Waals surface area contributed by atoms with E-state index in [-0.39, 0.29) is 12.2 Å². The van der Waals surface area contributed by atoms with Gasteiger partial charge in [-0.1, -0.05) is 19.9 Å². The molecule has 0 radical (unpaired) electrons. The number of hydrogen-bond donors (Lipinski definition) is 1. The minimum Gasteiger partial charge on any atom is -0.493 e. The average Bonchev–Trinajstić information content (AvgIpc) is 2.70. The molecule has 2 fully saturated rings. The molecule has 0 aromatic heterocycles. The van der Waals surface area contributed by atoms with Crippen LogP contribution in [-0.4, -0.2) is 79.7 Å². The summed E-state index contributed by atoms with van der Waals surface area (Å²) in [5.41, 5.74) is 1.41. The van der Waals surface area contributed by atoms with E-state index in [1.807, 2.05) is 6.07 Å². The van der Waals surface area contributed by atoms with Crippen LogP contribution in [0.2, 0.25) is 0 Å². The highest BCUT2D eigenvalue weighted by Crippen LogP contribution is 2.37. The SMILES string of the molecule is CCN(CC)C[C@@H](O)COc1ccc(CN2CCC3(CCO3)CC2)cc1OC. The lowest BCUT2D eigenvalue weighted by atomic mass is 9.84. The number of benzene rings is 1. The number of aliphatic hydroxyl groups is 1. The molecular formula is C22H36N2O4. The molecule has 0 bridgehead atoms. The summed E-state index contributed by atoms with van der Waals surface area (Å²) in [6.07, 6.45) is 2.98. The van der Waals surface area contributed by atoms with E-state index in [1.54, 1.807) is 7.11 Å². The average molecular weight is 393 g/mol. The first-order chi connectivity index (χ1) is 13.6. The molecule has 28 heavy (non-hydrogen) atoms. The summed E-state index contributed by atoms with van der Waals surface area (Å²) < 4.78 is 17.2. The number of nitrogens with zero attached hydrogens (tertiary/aromatic N) is 2. The van der Waals surface area contributed by atoms with E-state index in [4.69, 9.17) is 14.2 Å². The number of aliphatic hydroxyl groups excluding tert-OH is 1. The lowest BCUT2D eigenvalue weighted by Crippen LogP contribution is -2.52. The lowest BCUT2D eigenvalue weighted by Gasteiger charge is -2.47. The predicted molar refractivity (Wildman–Crippen MR) is 110 cm³/mol. The van der Waals surface area contributed by atoms with E-state index < -0.39 is 6.10 Å². The summed E-state index contributed by atoms with van der Waals surface area (Å²) in [6.45, 7) is 10.9. The highest BCUT2D eigenvalue weighted by molar-refractivity contribution is 5.43. The van der Waals surface area contributed by atoms with Gasteiger partial charge in [0.05, 0.1) is 19.3 Å². The Hall–Kier alpha value is -1.34. The molecule has 1 spiro atoms. The van der Waals surface area contributed by atoms with Crippen molar-refractivity contribution in [1.29, 1.82) is 0 Å². The first-order valence-electron chi connectivity index (χ1n) is 10.6. The fourth-order valence-electron chi connectivity index (χ4n) is 4.11. The largest absolute Gasteiger partial charge is 0.493 e. The quantitative estimate of drug-likeness (QED) is 0.660. The zero-order valence-electron chi connectivity index (χ0n) is 17.7. The molecular weight excluding hydrogens is 356 g/mol. The second kappa shape index (κ2) is 9.92. The van der Waals surface area contributed by atoms with Gasteiger partial charge in [0.1, 0.15) is 12.7 Å². The van der Waals surface area contributed by atoms with Crippen molar-refractivity contribution in [2.45, 2.75) is 51.4 Å². The number of ether oxygens (including phenoxy) is 3. The second-order valence-corrected chi connectivity index (χ2v) is 7.99. The molecule has 0 aliphatic carbocycles. The van der Waals surface area contributed by atoms with Crippen molar-refractivity contribution in [3.8, 4) is 11.5 Å². The number of likely N-dealkylation sites (tertiary alicyclic amines) is 1. The molecule has 1 aromatic rings. The number of rotatable bonds is 10. The summed E-state index contributed by atoms with van der Waals surface area (Å²) in [7, 11) is 1.66. The molecule has 2 heterocycles. The lowest BCUT2D eigenvalue weighted by molar-refractivity contribution is -0.173. The van der Waals surface area contributed by atoms with Gasteiger partial charge in [-0.2, -0.15) is 0 Å². The Balaban J connectivity index is 1.50. The monoisotopic (exact) mass is 392 g/mol. The second-order valence-electron chi connectivity index (χ2n) is 7.99. The standard InChI is InChI=1S/C22H36N2O4/c1-4-23(5-2)16-19(25)17-27-20-7-6-18(14-21(20)26-3)15-24-11-8-22(9-12-24)10-13-28-22/h6-7,14,19,25H,4-5,8-13,15-17H2,1-3H3/t19-/m1/s1. The van der Waals surface area contributed by atoms with Crippen LogP contribution < -0.4 is 9.47 Å². The molecule has 0 amide bonds. The molecule has 6 heteroatoms. The maximum Gasteiger partial charge on any atom is 0.161 e. The maximum absolute atomic E-state index is 10.2. The molecule has 158 valence electrons. The zero-order valence-corrected chi connectivity index (χ0v) is 17.7. The van der Waals surface area contributed by atoms with Crippen molar-refractivity contribution < 1.29 is 19.3 Å². The molecule has 6 nitrogen and oxygen atoms in total. The van der Waals surface area contributed by atoms with E-state index in [0.29, 0.717) is 12.3 Å². The van der Waals surface area contributed by atoms with Crippen molar-refractivity contribution in [3.63, 3.8) is 0 Å². The summed E-state index contributed by atoms with van der Waals surface area (Å²) in [5.74, 6) is 1.41. The highest BCUT2D eigenvalue weighted by atomic mass is 16.5. The van der Waals surface area contributed by atoms with Gasteiger partial charge in [0.2, 0.25) is 0 Å². The zero-order chi connectivity index (χ0) is 20.0. The number of methoxy groups -OCH3 is 1. The van der Waals surface area contributed by atoms with Crippen molar-refractivity contribution in [1.82, 2.24) is 9.80 Å². The Morgan fingerprint density at radius 3 is 2.46 bits per heavy atom. The molecule has 0 saturated carbocycles. The number of likely N-dealkylation sites (N-methyl/N-ethyl adjacent to an activating group) is 1. The number of piperidine rings is 1. The summed E-state index contributed by atoms with van der Waals surface area (Å²) >= 11 is 0. The van der Waals surface area contributed by atoms with Crippen molar-refractivity contribution >= 4 is 0 Å². The fourth-order valence-corrected chi connectivity index (χ4v) is 4.11. The van der Waals surface area contributed by atoms with E-state index in [9.17, 15) is 5.11 Å². The summed E-state index contributed by atoms with van der Waals surface area (Å²) in [5, 5.41) is 10.2. The van der Waals surface area contributed by atoms with Crippen LogP contribution in [0.3, 0.4) is 0 Å². The van der Waals surface area contributed by atoms with Crippen LogP contribution in [-0.2, 0) is 11.3 Å². The van der Waals surface area contributed by atoms with E-state index >= 15 is 0 Å². The smallest absolute Gasteiger partial charge is 0.161 e. The van der Waals surface area contributed by atoms with Crippen LogP contribution in [0.15, 0.2) is 18.2 Å². The van der Waals surface area contributed by atoms with Gasteiger partial charge in [-0.3, -0.25) is 4.90 Å². The van der Waals surface area contributed by atoms with Gasteiger partial charge < -0.3 is 24.2 Å². The van der Waals surface area contributed by atoms with Crippen LogP contribution in [0.1, 0.15) is 38.7 Å². The van der Waals surface area contributed by atoms with Crippen LogP contribution >= 0.6 is 0 Å². The van der Waals surface area contributed by atoms with Gasteiger partial charge in [0.15, 0.2) is 11.5 Å². The van der Waals surface area contributed by atoms with Gasteiger partial charge >= 0.3 is 0 Å². The van der Waals surface area contributed by atoms with Gasteiger partial charge in [0.25, 0.3) is 0 Å². The highest BCUT2D eigenvalue weighted by Gasteiger charge is 2.40. The van der Waals surface area contributed by atoms with E-state index in [1.165, 1.54) is 12.0 Å². The molecule has 1 atom stereocenters. The minimum atomic E-state index is -0.515. The van der Waals surface area contributed by atoms with Crippen molar-refractivity contribution in [3.05, 3.63) is 23.8 Å². The van der Waals surface area contributed by atoms with Crippen molar-refractivity contribution in [2.75, 3.05) is 53.0 Å². The van der Waals surface area contributed by atoms with Gasteiger partial charge in [0, 0.05) is 26.2 Å². The van der Waals surface area contributed by atoms with E-state index in [0.717, 1.165) is 57.9 Å². The molecule has 2 aliphatic heterocycles. The van der Waals surface area contributed by atoms with Crippen molar-refractivity contribution in [2.24, 2.45) is 0 Å². The third-order valence-electron chi connectivity index (χ3n) is 6.16. The third-order valence-corrected chi connectivity index (χ3v) is 6.16. The van der Waals surface area contributed by atoms with Gasteiger partial charge in [-0.05, 0) is 50.0 Å².